The third kappa shape index (κ3) is 8.87. The standard InChI is InChI=1S/C30H44N4O5S/c1-21(27(35)31-20-22-9-12-24(13-10-22)29(2,3)4)23-11-14-25(32-40(8,37)38)26(19-23)33-15-17-34(18-16-33)28(36)39-30(5,6)7/h9-14,19,21,32H,15-18,20H2,1-8H3,(H,31,35). The number of sulfonamides is 1. The SMILES string of the molecule is CC(C(=O)NCc1ccc(C(C)(C)C)cc1)c1ccc(NS(C)(=O)=O)c(N2CCN(C(=O)OC(C)(C)C)CC2)c1. The maximum atomic E-state index is 13.1. The summed E-state index contributed by atoms with van der Waals surface area (Å²) < 4.78 is 32.2. The van der Waals surface area contributed by atoms with Crippen LogP contribution in [-0.4, -0.2) is 63.4 Å². The normalized spacial score (nSPS) is 15.4. The number of rotatable bonds is 7. The van der Waals surface area contributed by atoms with E-state index in [0.717, 1.165) is 17.4 Å². The molecule has 0 spiro atoms. The van der Waals surface area contributed by atoms with Crippen molar-refractivity contribution in [1.29, 1.82) is 0 Å². The molecular weight excluding hydrogens is 528 g/mol. The van der Waals surface area contributed by atoms with Crippen LogP contribution in [0.2, 0.25) is 0 Å². The van der Waals surface area contributed by atoms with Crippen LogP contribution in [0.1, 0.15) is 71.1 Å². The zero-order chi connectivity index (χ0) is 29.9. The van der Waals surface area contributed by atoms with E-state index in [0.29, 0.717) is 44.1 Å². The first-order valence-electron chi connectivity index (χ1n) is 13.6. The number of ether oxygens (including phenoxy) is 1. The summed E-state index contributed by atoms with van der Waals surface area (Å²) in [4.78, 5) is 29.3. The lowest BCUT2D eigenvalue weighted by Gasteiger charge is -2.37. The molecule has 2 amide bonds. The lowest BCUT2D eigenvalue weighted by molar-refractivity contribution is -0.122. The van der Waals surface area contributed by atoms with Crippen molar-refractivity contribution < 1.29 is 22.7 Å². The van der Waals surface area contributed by atoms with E-state index < -0.39 is 21.5 Å². The number of anilines is 2. The Morgan fingerprint density at radius 2 is 1.55 bits per heavy atom. The number of carbonyl (C=O) groups is 2. The highest BCUT2D eigenvalue weighted by Gasteiger charge is 2.28. The fraction of sp³-hybridized carbons (Fsp3) is 0.533. The summed E-state index contributed by atoms with van der Waals surface area (Å²) in [5, 5.41) is 3.02. The topological polar surface area (TPSA) is 108 Å². The minimum atomic E-state index is -3.52. The molecule has 3 rings (SSSR count). The van der Waals surface area contributed by atoms with Crippen LogP contribution in [0.4, 0.5) is 16.2 Å². The molecule has 1 aliphatic heterocycles. The zero-order valence-electron chi connectivity index (χ0n) is 25.0. The summed E-state index contributed by atoms with van der Waals surface area (Å²) >= 11 is 0. The van der Waals surface area contributed by atoms with E-state index in [4.69, 9.17) is 4.74 Å². The number of nitrogens with one attached hydrogen (secondary N) is 2. The average Bonchev–Trinajstić information content (AvgIpc) is 2.85. The second kappa shape index (κ2) is 12.1. The van der Waals surface area contributed by atoms with Crippen molar-refractivity contribution in [2.45, 2.75) is 71.9 Å². The number of hydrogen-bond donors (Lipinski definition) is 2. The highest BCUT2D eigenvalue weighted by molar-refractivity contribution is 7.92. The summed E-state index contributed by atoms with van der Waals surface area (Å²) in [6.45, 7) is 16.1. The second-order valence-corrected chi connectivity index (χ2v) is 14.2. The highest BCUT2D eigenvalue weighted by atomic mass is 32.2. The minimum Gasteiger partial charge on any atom is -0.444 e. The Hall–Kier alpha value is -3.27. The van der Waals surface area contributed by atoms with Crippen LogP contribution in [0.3, 0.4) is 0 Å². The van der Waals surface area contributed by atoms with Gasteiger partial charge in [-0.1, -0.05) is 51.1 Å². The molecule has 10 heteroatoms. The quantitative estimate of drug-likeness (QED) is 0.492. The van der Waals surface area contributed by atoms with Gasteiger partial charge in [-0.15, -0.1) is 0 Å². The molecule has 1 saturated heterocycles. The maximum absolute atomic E-state index is 13.1. The van der Waals surface area contributed by atoms with Gasteiger partial charge in [-0.25, -0.2) is 13.2 Å². The summed E-state index contributed by atoms with van der Waals surface area (Å²) in [5.74, 6) is -0.577. The van der Waals surface area contributed by atoms with Crippen molar-refractivity contribution in [3.05, 3.63) is 59.2 Å². The zero-order valence-corrected chi connectivity index (χ0v) is 25.8. The van der Waals surface area contributed by atoms with Gasteiger partial charge in [0.05, 0.1) is 23.5 Å². The lowest BCUT2D eigenvalue weighted by Crippen LogP contribution is -2.50. The number of carbonyl (C=O) groups excluding carboxylic acids is 2. The molecule has 1 atom stereocenters. The Balaban J connectivity index is 1.73. The van der Waals surface area contributed by atoms with E-state index in [1.165, 1.54) is 5.56 Å². The van der Waals surface area contributed by atoms with Gasteiger partial charge in [-0.3, -0.25) is 9.52 Å². The predicted octanol–water partition coefficient (Wildman–Crippen LogP) is 4.83. The van der Waals surface area contributed by atoms with Crippen LogP contribution in [0.25, 0.3) is 0 Å². The van der Waals surface area contributed by atoms with Gasteiger partial charge in [0, 0.05) is 32.7 Å². The predicted molar refractivity (Wildman–Crippen MR) is 160 cm³/mol. The fourth-order valence-electron chi connectivity index (χ4n) is 4.44. The van der Waals surface area contributed by atoms with Crippen LogP contribution in [0, 0.1) is 0 Å². The Kier molecular flexibility index (Phi) is 9.44. The third-order valence-corrected chi connectivity index (χ3v) is 7.36. The molecule has 1 aliphatic rings. The van der Waals surface area contributed by atoms with Crippen LogP contribution in [0.15, 0.2) is 42.5 Å². The van der Waals surface area contributed by atoms with E-state index in [2.05, 4.69) is 42.9 Å². The molecule has 0 radical (unpaired) electrons. The molecule has 1 fully saturated rings. The highest BCUT2D eigenvalue weighted by Crippen LogP contribution is 2.32. The van der Waals surface area contributed by atoms with Gasteiger partial charge in [0.1, 0.15) is 5.60 Å². The summed E-state index contributed by atoms with van der Waals surface area (Å²) in [6, 6.07) is 13.6. The van der Waals surface area contributed by atoms with Crippen molar-refractivity contribution in [2.75, 3.05) is 42.1 Å². The van der Waals surface area contributed by atoms with E-state index in [1.54, 1.807) is 17.0 Å². The summed E-state index contributed by atoms with van der Waals surface area (Å²) in [7, 11) is -3.52. The van der Waals surface area contributed by atoms with E-state index in [9.17, 15) is 18.0 Å². The number of benzene rings is 2. The largest absolute Gasteiger partial charge is 0.444 e. The van der Waals surface area contributed by atoms with Crippen molar-refractivity contribution in [3.8, 4) is 0 Å². The Morgan fingerprint density at radius 3 is 2.08 bits per heavy atom. The molecule has 1 heterocycles. The minimum absolute atomic E-state index is 0.0640. The van der Waals surface area contributed by atoms with Gasteiger partial charge in [0.25, 0.3) is 0 Å². The van der Waals surface area contributed by atoms with Gasteiger partial charge < -0.3 is 19.9 Å². The first-order chi connectivity index (χ1) is 18.4. The van der Waals surface area contributed by atoms with Crippen LogP contribution in [0.5, 0.6) is 0 Å². The second-order valence-electron chi connectivity index (χ2n) is 12.5. The number of amides is 2. The van der Waals surface area contributed by atoms with Crippen molar-refractivity contribution in [2.24, 2.45) is 0 Å². The molecule has 2 aromatic carbocycles. The average molecular weight is 573 g/mol. The third-order valence-electron chi connectivity index (χ3n) is 6.77. The van der Waals surface area contributed by atoms with Crippen molar-refractivity contribution >= 4 is 33.4 Å². The molecule has 0 aliphatic carbocycles. The molecule has 2 N–H and O–H groups in total. The Morgan fingerprint density at radius 1 is 0.950 bits per heavy atom. The smallest absolute Gasteiger partial charge is 0.410 e. The molecular formula is C30H44N4O5S. The molecule has 0 aromatic heterocycles. The van der Waals surface area contributed by atoms with Gasteiger partial charge >= 0.3 is 6.09 Å². The molecule has 9 nitrogen and oxygen atoms in total. The van der Waals surface area contributed by atoms with Crippen LogP contribution in [-0.2, 0) is 31.5 Å². The first-order valence-corrected chi connectivity index (χ1v) is 15.5. The number of nitrogens with zero attached hydrogens (tertiary/aromatic N) is 2. The van der Waals surface area contributed by atoms with Crippen LogP contribution >= 0.6 is 0 Å². The van der Waals surface area contributed by atoms with Crippen molar-refractivity contribution in [3.63, 3.8) is 0 Å². The van der Waals surface area contributed by atoms with E-state index in [-0.39, 0.29) is 17.4 Å². The number of piperazine rings is 1. The molecule has 2 aromatic rings. The summed E-state index contributed by atoms with van der Waals surface area (Å²) in [6.07, 6.45) is 0.739. The number of hydrogen-bond acceptors (Lipinski definition) is 6. The van der Waals surface area contributed by atoms with Gasteiger partial charge in [-0.05, 0) is 61.9 Å². The lowest BCUT2D eigenvalue weighted by atomic mass is 9.87. The maximum Gasteiger partial charge on any atom is 0.410 e. The van der Waals surface area contributed by atoms with Crippen molar-refractivity contribution in [1.82, 2.24) is 10.2 Å². The Bertz CT molecular complexity index is 1300. The van der Waals surface area contributed by atoms with Crippen LogP contribution < -0.4 is 14.9 Å². The van der Waals surface area contributed by atoms with Gasteiger partial charge in [0.2, 0.25) is 15.9 Å². The molecule has 220 valence electrons. The Labute approximate surface area is 239 Å². The molecule has 1 unspecified atom stereocenters. The monoisotopic (exact) mass is 572 g/mol. The van der Waals surface area contributed by atoms with E-state index >= 15 is 0 Å². The van der Waals surface area contributed by atoms with Gasteiger partial charge in [-0.2, -0.15) is 0 Å². The fourth-order valence-corrected chi connectivity index (χ4v) is 5.01. The summed E-state index contributed by atoms with van der Waals surface area (Å²) in [5.41, 5.74) is 3.61. The van der Waals surface area contributed by atoms with Gasteiger partial charge in [0.15, 0.2) is 0 Å². The molecule has 0 saturated carbocycles. The van der Waals surface area contributed by atoms with E-state index in [1.807, 2.05) is 50.8 Å². The molecule has 40 heavy (non-hydrogen) atoms. The molecule has 0 bridgehead atoms. The first kappa shape index (κ1) is 31.3.